The molecule has 0 fully saturated rings. The molecule has 0 bridgehead atoms. The van der Waals surface area contributed by atoms with Crippen LogP contribution >= 0.6 is 22.7 Å². The van der Waals surface area contributed by atoms with Gasteiger partial charge in [-0.25, -0.2) is 0 Å². The molecule has 0 saturated heterocycles. The van der Waals surface area contributed by atoms with Crippen molar-refractivity contribution in [2.75, 3.05) is 4.90 Å². The van der Waals surface area contributed by atoms with Gasteiger partial charge in [-0.3, -0.25) is 0 Å². The fraction of sp³-hybridized carbons (Fsp3) is 0.0182. The molecule has 2 aromatic heterocycles. The molecule has 3 heteroatoms. The molecule has 58 heavy (non-hydrogen) atoms. The van der Waals surface area contributed by atoms with Gasteiger partial charge in [0.2, 0.25) is 0 Å². The van der Waals surface area contributed by atoms with Gasteiger partial charge in [-0.2, -0.15) is 0 Å². The highest BCUT2D eigenvalue weighted by molar-refractivity contribution is 7.26. The fourth-order valence-electron chi connectivity index (χ4n) is 9.71. The number of thiophene rings is 2. The van der Waals surface area contributed by atoms with E-state index < -0.39 is 5.41 Å². The molecule has 9 aromatic carbocycles. The summed E-state index contributed by atoms with van der Waals surface area (Å²) in [7, 11) is 0. The first-order valence-electron chi connectivity index (χ1n) is 19.8. The lowest BCUT2D eigenvalue weighted by Gasteiger charge is -2.34. The van der Waals surface area contributed by atoms with Crippen LogP contribution in [0.3, 0.4) is 0 Å². The third-order valence-corrected chi connectivity index (χ3v) is 14.5. The smallest absolute Gasteiger partial charge is 0.0714 e. The van der Waals surface area contributed by atoms with E-state index in [1.54, 1.807) is 0 Å². The van der Waals surface area contributed by atoms with Crippen molar-refractivity contribution in [2.45, 2.75) is 5.41 Å². The third-order valence-electron chi connectivity index (χ3n) is 12.2. The van der Waals surface area contributed by atoms with Crippen molar-refractivity contribution >= 4 is 80.1 Å². The number of fused-ring (bicyclic) bond motifs is 9. The van der Waals surface area contributed by atoms with Crippen LogP contribution in [0, 0.1) is 0 Å². The average molecular weight is 774 g/mol. The van der Waals surface area contributed by atoms with Crippen LogP contribution in [0.4, 0.5) is 17.1 Å². The molecule has 0 spiro atoms. The molecule has 0 unspecified atom stereocenters. The van der Waals surface area contributed by atoms with Crippen LogP contribution in [0.25, 0.3) is 62.6 Å². The summed E-state index contributed by atoms with van der Waals surface area (Å²) in [5, 5.41) is 5.22. The Morgan fingerprint density at radius 3 is 1.67 bits per heavy atom. The van der Waals surface area contributed by atoms with Crippen molar-refractivity contribution in [3.05, 3.63) is 235 Å². The molecule has 1 aliphatic carbocycles. The summed E-state index contributed by atoms with van der Waals surface area (Å²) in [5.41, 5.74) is 13.1. The van der Waals surface area contributed by atoms with Gasteiger partial charge in [0.25, 0.3) is 0 Å². The molecule has 0 atom stereocenters. The molecular formula is C55H35NS2. The predicted molar refractivity (Wildman–Crippen MR) is 250 cm³/mol. The monoisotopic (exact) mass is 773 g/mol. The molecule has 0 aliphatic heterocycles. The Kier molecular flexibility index (Phi) is 7.56. The SMILES string of the molecule is c1ccc(C2(c3ccccc3)c3ccccc3-c3c(N(c4ccc(-c5cccc6c5sc5ccccc56)cc4)c4ccc5sc6ccccc6c5c4)cccc32)cc1. The summed E-state index contributed by atoms with van der Waals surface area (Å²) in [5.74, 6) is 0. The van der Waals surface area contributed by atoms with Gasteiger partial charge < -0.3 is 4.90 Å². The normalized spacial score (nSPS) is 13.0. The molecule has 0 radical (unpaired) electrons. The standard InChI is InChI=1S/C55H35NS2/c1-3-15-37(16-4-1)55(38-17-5-2-6-18-38)47-24-10-7-21-45(47)53-48(55)25-14-26-49(53)56(40-33-34-52-46(35-40)43-20-9-11-27-50(43)57-52)39-31-29-36(30-32-39)41-22-13-23-44-42-19-8-12-28-51(42)58-54(41)44/h1-35H. The first-order chi connectivity index (χ1) is 28.8. The number of nitrogens with zero attached hydrogens (tertiary/aromatic N) is 1. The maximum atomic E-state index is 2.50. The molecule has 0 N–H and O–H groups in total. The van der Waals surface area contributed by atoms with Gasteiger partial charge in [0.05, 0.1) is 11.1 Å². The van der Waals surface area contributed by atoms with E-state index in [2.05, 4.69) is 217 Å². The molecular weight excluding hydrogens is 739 g/mol. The first-order valence-corrected chi connectivity index (χ1v) is 21.5. The Hall–Kier alpha value is -6.78. The van der Waals surface area contributed by atoms with Crippen molar-refractivity contribution in [1.29, 1.82) is 0 Å². The molecule has 2 heterocycles. The minimum Gasteiger partial charge on any atom is -0.310 e. The highest BCUT2D eigenvalue weighted by Crippen LogP contribution is 2.59. The van der Waals surface area contributed by atoms with Crippen LogP contribution in [0.1, 0.15) is 22.3 Å². The summed E-state index contributed by atoms with van der Waals surface area (Å²) in [6.45, 7) is 0. The van der Waals surface area contributed by atoms with Crippen LogP contribution in [-0.4, -0.2) is 0 Å². The Labute approximate surface area is 345 Å². The Morgan fingerprint density at radius 2 is 0.914 bits per heavy atom. The van der Waals surface area contributed by atoms with Crippen LogP contribution < -0.4 is 4.90 Å². The number of rotatable bonds is 6. The maximum Gasteiger partial charge on any atom is 0.0714 e. The molecule has 1 aliphatic rings. The maximum absolute atomic E-state index is 2.50. The number of anilines is 3. The van der Waals surface area contributed by atoms with Crippen LogP contribution in [0.2, 0.25) is 0 Å². The van der Waals surface area contributed by atoms with E-state index in [-0.39, 0.29) is 0 Å². The van der Waals surface area contributed by atoms with E-state index in [1.807, 2.05) is 22.7 Å². The Balaban J connectivity index is 1.11. The van der Waals surface area contributed by atoms with Crippen molar-refractivity contribution < 1.29 is 0 Å². The quantitative estimate of drug-likeness (QED) is 0.163. The molecule has 0 amide bonds. The van der Waals surface area contributed by atoms with Crippen LogP contribution in [0.15, 0.2) is 212 Å². The zero-order valence-corrected chi connectivity index (χ0v) is 33.1. The minimum absolute atomic E-state index is 0.490. The summed E-state index contributed by atoms with van der Waals surface area (Å²) in [4.78, 5) is 2.50. The number of hydrogen-bond donors (Lipinski definition) is 0. The topological polar surface area (TPSA) is 3.24 Å². The second kappa shape index (κ2) is 13.1. The van der Waals surface area contributed by atoms with E-state index in [0.29, 0.717) is 0 Å². The predicted octanol–water partition coefficient (Wildman–Crippen LogP) is 15.9. The van der Waals surface area contributed by atoms with E-state index in [4.69, 9.17) is 0 Å². The summed E-state index contributed by atoms with van der Waals surface area (Å²) < 4.78 is 5.27. The number of hydrogen-bond acceptors (Lipinski definition) is 3. The Morgan fingerprint density at radius 1 is 0.362 bits per heavy atom. The van der Waals surface area contributed by atoms with Gasteiger partial charge in [0.15, 0.2) is 0 Å². The fourth-order valence-corrected chi connectivity index (χ4v) is 12.0. The molecule has 11 aromatic rings. The van der Waals surface area contributed by atoms with Crippen molar-refractivity contribution in [2.24, 2.45) is 0 Å². The van der Waals surface area contributed by atoms with Crippen molar-refractivity contribution in [1.82, 2.24) is 0 Å². The van der Waals surface area contributed by atoms with Crippen LogP contribution in [-0.2, 0) is 5.41 Å². The minimum atomic E-state index is -0.490. The highest BCUT2D eigenvalue weighted by atomic mass is 32.1. The van der Waals surface area contributed by atoms with E-state index >= 15 is 0 Å². The van der Waals surface area contributed by atoms with Gasteiger partial charge in [-0.15, -0.1) is 22.7 Å². The van der Waals surface area contributed by atoms with Gasteiger partial charge in [-0.05, 0) is 87.5 Å². The van der Waals surface area contributed by atoms with E-state index in [0.717, 1.165) is 17.1 Å². The lowest BCUT2D eigenvalue weighted by atomic mass is 9.68. The second-order valence-electron chi connectivity index (χ2n) is 15.2. The summed E-state index contributed by atoms with van der Waals surface area (Å²) in [6.07, 6.45) is 0. The highest BCUT2D eigenvalue weighted by Gasteiger charge is 2.47. The Bertz CT molecular complexity index is 3300. The molecule has 272 valence electrons. The van der Waals surface area contributed by atoms with Gasteiger partial charge in [0, 0.05) is 57.3 Å². The lowest BCUT2D eigenvalue weighted by molar-refractivity contribution is 0.768. The molecule has 1 nitrogen and oxygen atoms in total. The van der Waals surface area contributed by atoms with Gasteiger partial charge in [-0.1, -0.05) is 164 Å². The van der Waals surface area contributed by atoms with Crippen molar-refractivity contribution in [3.8, 4) is 22.3 Å². The zero-order valence-electron chi connectivity index (χ0n) is 31.5. The number of benzene rings is 9. The average Bonchev–Trinajstić information content (AvgIpc) is 3.96. The molecule has 0 saturated carbocycles. The largest absolute Gasteiger partial charge is 0.310 e. The van der Waals surface area contributed by atoms with Gasteiger partial charge >= 0.3 is 0 Å². The zero-order chi connectivity index (χ0) is 38.2. The van der Waals surface area contributed by atoms with Gasteiger partial charge in [0.1, 0.15) is 0 Å². The summed E-state index contributed by atoms with van der Waals surface area (Å²) >= 11 is 3.75. The summed E-state index contributed by atoms with van der Waals surface area (Å²) in [6, 6.07) is 78.8. The lowest BCUT2D eigenvalue weighted by Crippen LogP contribution is -2.28. The second-order valence-corrected chi connectivity index (χ2v) is 17.3. The third kappa shape index (κ3) is 4.87. The molecule has 12 rings (SSSR count). The van der Waals surface area contributed by atoms with E-state index in [1.165, 1.54) is 84.9 Å². The van der Waals surface area contributed by atoms with E-state index in [9.17, 15) is 0 Å². The first kappa shape index (κ1) is 33.4. The van der Waals surface area contributed by atoms with Crippen LogP contribution in [0.5, 0.6) is 0 Å². The van der Waals surface area contributed by atoms with Crippen molar-refractivity contribution in [3.63, 3.8) is 0 Å².